The highest BCUT2D eigenvalue weighted by Crippen LogP contribution is 2.26. The third kappa shape index (κ3) is 10.2. The van der Waals surface area contributed by atoms with Crippen LogP contribution >= 0.6 is 23.2 Å². The number of unbranched alkanes of at least 4 members (excludes halogenated alkanes) is 3. The summed E-state index contributed by atoms with van der Waals surface area (Å²) in [6.45, 7) is 4.32. The predicted octanol–water partition coefficient (Wildman–Crippen LogP) is 6.72. The number of carbonyl (C=O) groups excluding carboxylic acids is 2. The summed E-state index contributed by atoms with van der Waals surface area (Å²) in [4.78, 5) is 24.6. The fourth-order valence-electron chi connectivity index (χ4n) is 3.64. The number of ether oxygens (including phenoxy) is 3. The number of ketones is 1. The van der Waals surface area contributed by atoms with E-state index in [2.05, 4.69) is 0 Å². The summed E-state index contributed by atoms with van der Waals surface area (Å²) in [5, 5.41) is 1.21. The fourth-order valence-corrected chi connectivity index (χ4v) is 4.05. The second-order valence-corrected chi connectivity index (χ2v) is 9.21. The topological polar surface area (TPSA) is 61.8 Å². The highest BCUT2D eigenvalue weighted by atomic mass is 35.5. The number of halogens is 2. The second-order valence-electron chi connectivity index (χ2n) is 8.43. The van der Waals surface area contributed by atoms with Crippen molar-refractivity contribution in [3.63, 3.8) is 0 Å². The maximum absolute atomic E-state index is 12.6. The molecule has 0 N–H and O–H groups in total. The van der Waals surface area contributed by atoms with Gasteiger partial charge in [0.15, 0.2) is 6.29 Å². The molecule has 184 valence electrons. The van der Waals surface area contributed by atoms with Gasteiger partial charge in [-0.2, -0.15) is 0 Å². The number of aryl methyl sites for hydroxylation is 1. The Morgan fingerprint density at radius 2 is 2.03 bits per heavy atom. The van der Waals surface area contributed by atoms with E-state index < -0.39 is 18.0 Å². The molecule has 7 heteroatoms. The maximum atomic E-state index is 12.6. The highest BCUT2D eigenvalue weighted by molar-refractivity contribution is 6.42. The summed E-state index contributed by atoms with van der Waals surface area (Å²) in [6.07, 6.45) is 11.2. The van der Waals surface area contributed by atoms with Gasteiger partial charge in [0.1, 0.15) is 17.8 Å². The summed E-state index contributed by atoms with van der Waals surface area (Å²) >= 11 is 12.3. The number of hydrogen-bond donors (Lipinski definition) is 0. The normalized spacial score (nSPS) is 18.2. The van der Waals surface area contributed by atoms with Crippen LogP contribution in [0.25, 0.3) is 0 Å². The molecule has 3 atom stereocenters. The number of esters is 1. The molecule has 2 rings (SSSR count). The van der Waals surface area contributed by atoms with Crippen LogP contribution in [-0.4, -0.2) is 37.4 Å². The van der Waals surface area contributed by atoms with E-state index in [1.165, 1.54) is 6.92 Å². The monoisotopic (exact) mass is 498 g/mol. The van der Waals surface area contributed by atoms with Crippen molar-refractivity contribution < 1.29 is 23.8 Å². The van der Waals surface area contributed by atoms with Gasteiger partial charge in [-0.05, 0) is 69.9 Å². The van der Waals surface area contributed by atoms with Gasteiger partial charge in [-0.3, -0.25) is 9.59 Å². The molecule has 1 aliphatic rings. The van der Waals surface area contributed by atoms with Crippen LogP contribution in [0.15, 0.2) is 30.4 Å². The number of rotatable bonds is 14. The molecule has 3 unspecified atom stereocenters. The van der Waals surface area contributed by atoms with E-state index in [1.807, 2.05) is 25.1 Å². The van der Waals surface area contributed by atoms with Gasteiger partial charge in [-0.25, -0.2) is 0 Å². The zero-order valence-electron chi connectivity index (χ0n) is 19.7. The minimum absolute atomic E-state index is 0.224. The quantitative estimate of drug-likeness (QED) is 0.123. The maximum Gasteiger partial charge on any atom is 0.320 e. The van der Waals surface area contributed by atoms with Crippen molar-refractivity contribution in [2.24, 2.45) is 5.92 Å². The smallest absolute Gasteiger partial charge is 0.320 e. The van der Waals surface area contributed by atoms with Crippen molar-refractivity contribution in [1.29, 1.82) is 0 Å². The number of Topliss-reactive ketones (excluding diaryl/α,β-unsaturated/α-hetero) is 1. The molecule has 1 aromatic rings. The largest absolute Gasteiger partial charge is 0.459 e. The van der Waals surface area contributed by atoms with Crippen LogP contribution in [0.5, 0.6) is 0 Å². The lowest BCUT2D eigenvalue weighted by Crippen LogP contribution is -2.32. The lowest BCUT2D eigenvalue weighted by atomic mass is 10.0. The van der Waals surface area contributed by atoms with Gasteiger partial charge in [0.05, 0.1) is 16.7 Å². The third-order valence-electron chi connectivity index (χ3n) is 5.71. The molecule has 0 spiro atoms. The first-order chi connectivity index (χ1) is 15.9. The molecule has 0 amide bonds. The van der Waals surface area contributed by atoms with Gasteiger partial charge in [-0.15, -0.1) is 0 Å². The van der Waals surface area contributed by atoms with Crippen molar-refractivity contribution in [3.8, 4) is 0 Å². The standard InChI is InChI=1S/C26H36Cl2O5/c1-3-21(18-32-24-16-9-10-17-31-24)33-26(30)22(19(2)29)14-8-6-4-5-7-12-20-13-11-15-23(27)25(20)28/h8,11,13-15,21-22,24H,3-7,9-10,12,16-18H2,1-2H3/b14-8+. The van der Waals surface area contributed by atoms with E-state index in [9.17, 15) is 9.59 Å². The fraction of sp³-hybridized carbons (Fsp3) is 0.615. The Kier molecular flexibility index (Phi) is 13.1. The third-order valence-corrected chi connectivity index (χ3v) is 6.57. The number of allylic oxidation sites excluding steroid dienone is 1. The minimum Gasteiger partial charge on any atom is -0.459 e. The first-order valence-corrected chi connectivity index (χ1v) is 12.7. The zero-order chi connectivity index (χ0) is 24.1. The molecule has 1 fully saturated rings. The van der Waals surface area contributed by atoms with Crippen LogP contribution in [0.3, 0.4) is 0 Å². The van der Waals surface area contributed by atoms with E-state index in [1.54, 1.807) is 12.1 Å². The number of hydrogen-bond acceptors (Lipinski definition) is 5. The van der Waals surface area contributed by atoms with Crippen LogP contribution < -0.4 is 0 Å². The lowest BCUT2D eigenvalue weighted by Gasteiger charge is -2.25. The Bertz CT molecular complexity index is 774. The van der Waals surface area contributed by atoms with E-state index in [0.717, 1.165) is 56.9 Å². The Morgan fingerprint density at radius 3 is 2.73 bits per heavy atom. The van der Waals surface area contributed by atoms with Crippen molar-refractivity contribution in [2.75, 3.05) is 13.2 Å². The van der Waals surface area contributed by atoms with Crippen LogP contribution in [0.1, 0.15) is 70.8 Å². The first-order valence-electron chi connectivity index (χ1n) is 12.0. The summed E-state index contributed by atoms with van der Waals surface area (Å²) < 4.78 is 16.9. The van der Waals surface area contributed by atoms with Gasteiger partial charge in [0.2, 0.25) is 0 Å². The lowest BCUT2D eigenvalue weighted by molar-refractivity contribution is -0.186. The molecule has 0 aromatic heterocycles. The average Bonchev–Trinajstić information content (AvgIpc) is 2.81. The molecular formula is C26H36Cl2O5. The van der Waals surface area contributed by atoms with Gasteiger partial charge in [0, 0.05) is 6.61 Å². The molecule has 1 saturated heterocycles. The SMILES string of the molecule is CCC(COC1CCCCO1)OC(=O)C(/C=C/CCCCCc1cccc(Cl)c1Cl)C(C)=O. The molecule has 1 heterocycles. The summed E-state index contributed by atoms with van der Waals surface area (Å²) in [5.74, 6) is -1.62. The van der Waals surface area contributed by atoms with Gasteiger partial charge < -0.3 is 14.2 Å². The molecule has 1 aliphatic heterocycles. The van der Waals surface area contributed by atoms with Gasteiger partial charge in [-0.1, -0.05) is 60.8 Å². The van der Waals surface area contributed by atoms with Crippen LogP contribution in [0.4, 0.5) is 0 Å². The van der Waals surface area contributed by atoms with E-state index in [4.69, 9.17) is 37.4 Å². The van der Waals surface area contributed by atoms with Gasteiger partial charge >= 0.3 is 5.97 Å². The molecule has 5 nitrogen and oxygen atoms in total. The predicted molar refractivity (Wildman–Crippen MR) is 132 cm³/mol. The number of benzene rings is 1. The van der Waals surface area contributed by atoms with Crippen LogP contribution in [-0.2, 0) is 30.2 Å². The summed E-state index contributed by atoms with van der Waals surface area (Å²) in [5.41, 5.74) is 1.06. The minimum atomic E-state index is -0.879. The van der Waals surface area contributed by atoms with E-state index in [-0.39, 0.29) is 18.7 Å². The van der Waals surface area contributed by atoms with Crippen molar-refractivity contribution in [2.45, 2.75) is 84.0 Å². The molecular weight excluding hydrogens is 463 g/mol. The Balaban J connectivity index is 1.71. The van der Waals surface area contributed by atoms with E-state index in [0.29, 0.717) is 23.1 Å². The molecule has 0 aliphatic carbocycles. The summed E-state index contributed by atoms with van der Waals surface area (Å²) in [6, 6.07) is 5.69. The second kappa shape index (κ2) is 15.5. The molecule has 1 aromatic carbocycles. The first kappa shape index (κ1) is 27.8. The Morgan fingerprint density at radius 1 is 1.21 bits per heavy atom. The average molecular weight is 499 g/mol. The molecule has 0 bridgehead atoms. The Labute approximate surface area is 207 Å². The highest BCUT2D eigenvalue weighted by Gasteiger charge is 2.25. The molecule has 33 heavy (non-hydrogen) atoms. The molecule has 0 radical (unpaired) electrons. The van der Waals surface area contributed by atoms with Crippen LogP contribution in [0.2, 0.25) is 10.0 Å². The van der Waals surface area contributed by atoms with Gasteiger partial charge in [0.25, 0.3) is 0 Å². The molecule has 0 saturated carbocycles. The van der Waals surface area contributed by atoms with Crippen molar-refractivity contribution >= 4 is 35.0 Å². The number of carbonyl (C=O) groups is 2. The van der Waals surface area contributed by atoms with Crippen molar-refractivity contribution in [1.82, 2.24) is 0 Å². The van der Waals surface area contributed by atoms with Crippen molar-refractivity contribution in [3.05, 3.63) is 46.0 Å². The van der Waals surface area contributed by atoms with E-state index >= 15 is 0 Å². The summed E-state index contributed by atoms with van der Waals surface area (Å²) in [7, 11) is 0. The zero-order valence-corrected chi connectivity index (χ0v) is 21.2. The Hall–Kier alpha value is -1.40. The van der Waals surface area contributed by atoms with Crippen LogP contribution in [0, 0.1) is 5.92 Å².